The van der Waals surface area contributed by atoms with Crippen LogP contribution in [0.4, 0.5) is 4.39 Å². The highest BCUT2D eigenvalue weighted by atomic mass is 35.5. The van der Waals surface area contributed by atoms with Crippen molar-refractivity contribution in [1.29, 1.82) is 0 Å². The lowest BCUT2D eigenvalue weighted by Crippen LogP contribution is -2.15. The third-order valence-corrected chi connectivity index (χ3v) is 4.05. The van der Waals surface area contributed by atoms with Crippen molar-refractivity contribution in [2.45, 2.75) is 38.6 Å². The molecule has 1 saturated carbocycles. The van der Waals surface area contributed by atoms with Crippen molar-refractivity contribution in [3.05, 3.63) is 46.5 Å². The van der Waals surface area contributed by atoms with Gasteiger partial charge in [0, 0.05) is 18.0 Å². The van der Waals surface area contributed by atoms with Gasteiger partial charge in [-0.25, -0.2) is 9.07 Å². The fourth-order valence-corrected chi connectivity index (χ4v) is 2.83. The zero-order valence-electron chi connectivity index (χ0n) is 12.1. The Balaban J connectivity index is 1.99. The van der Waals surface area contributed by atoms with E-state index < -0.39 is 0 Å². The molecule has 3 nitrogen and oxygen atoms in total. The van der Waals surface area contributed by atoms with Gasteiger partial charge in [0.2, 0.25) is 0 Å². The van der Waals surface area contributed by atoms with Gasteiger partial charge in [0.1, 0.15) is 11.5 Å². The van der Waals surface area contributed by atoms with Gasteiger partial charge in [-0.2, -0.15) is 5.10 Å². The molecule has 0 unspecified atom stereocenters. The van der Waals surface area contributed by atoms with Gasteiger partial charge >= 0.3 is 0 Å². The van der Waals surface area contributed by atoms with E-state index in [0.29, 0.717) is 16.6 Å². The molecular formula is C16H19ClFN3. The SMILES string of the molecule is CCCNCc1cnn(-c2c(F)cccc2Cl)c1C1CC1. The second-order valence-corrected chi connectivity index (χ2v) is 5.90. The molecule has 1 aliphatic rings. The Bertz CT molecular complexity index is 614. The van der Waals surface area contributed by atoms with E-state index in [9.17, 15) is 4.39 Å². The minimum atomic E-state index is -0.333. The second kappa shape index (κ2) is 6.16. The number of hydrogen-bond acceptors (Lipinski definition) is 2. The number of rotatable bonds is 6. The lowest BCUT2D eigenvalue weighted by atomic mass is 10.1. The molecule has 3 rings (SSSR count). The number of nitrogens with one attached hydrogen (secondary N) is 1. The van der Waals surface area contributed by atoms with E-state index in [1.54, 1.807) is 16.8 Å². The predicted octanol–water partition coefficient (Wildman–Crippen LogP) is 4.04. The first kappa shape index (κ1) is 14.5. The fourth-order valence-electron chi connectivity index (χ4n) is 2.59. The van der Waals surface area contributed by atoms with Gasteiger partial charge in [0.25, 0.3) is 0 Å². The van der Waals surface area contributed by atoms with Crippen LogP contribution in [0.2, 0.25) is 5.02 Å². The molecule has 1 aromatic carbocycles. The van der Waals surface area contributed by atoms with Crippen molar-refractivity contribution in [1.82, 2.24) is 15.1 Å². The number of benzene rings is 1. The molecule has 5 heteroatoms. The van der Waals surface area contributed by atoms with Crippen LogP contribution in [0.15, 0.2) is 24.4 Å². The molecule has 1 fully saturated rings. The summed E-state index contributed by atoms with van der Waals surface area (Å²) >= 11 is 6.18. The van der Waals surface area contributed by atoms with Crippen LogP contribution >= 0.6 is 11.6 Å². The molecule has 2 aromatic rings. The minimum absolute atomic E-state index is 0.333. The Labute approximate surface area is 129 Å². The molecule has 0 bridgehead atoms. The Morgan fingerprint density at radius 2 is 2.24 bits per heavy atom. The monoisotopic (exact) mass is 307 g/mol. The van der Waals surface area contributed by atoms with Gasteiger partial charge in [-0.05, 0) is 37.9 Å². The topological polar surface area (TPSA) is 29.9 Å². The first-order valence-corrected chi connectivity index (χ1v) is 7.82. The van der Waals surface area contributed by atoms with Gasteiger partial charge in [0.15, 0.2) is 0 Å². The van der Waals surface area contributed by atoms with Crippen molar-refractivity contribution in [2.75, 3.05) is 6.54 Å². The Morgan fingerprint density at radius 3 is 2.90 bits per heavy atom. The summed E-state index contributed by atoms with van der Waals surface area (Å²) in [5.74, 6) is 0.141. The third kappa shape index (κ3) is 2.97. The molecule has 1 N–H and O–H groups in total. The van der Waals surface area contributed by atoms with Crippen molar-refractivity contribution >= 4 is 11.6 Å². The van der Waals surface area contributed by atoms with Crippen LogP contribution in [0.3, 0.4) is 0 Å². The summed E-state index contributed by atoms with van der Waals surface area (Å²) in [6.07, 6.45) is 5.20. The average Bonchev–Trinajstić information content (AvgIpc) is 3.21. The van der Waals surface area contributed by atoms with Gasteiger partial charge in [-0.1, -0.05) is 24.6 Å². The molecule has 21 heavy (non-hydrogen) atoms. The molecule has 1 heterocycles. The van der Waals surface area contributed by atoms with Crippen molar-refractivity contribution in [3.63, 3.8) is 0 Å². The molecule has 0 amide bonds. The van der Waals surface area contributed by atoms with Gasteiger partial charge in [-0.15, -0.1) is 0 Å². The van der Waals surface area contributed by atoms with E-state index in [-0.39, 0.29) is 5.82 Å². The van der Waals surface area contributed by atoms with Crippen molar-refractivity contribution in [2.24, 2.45) is 0 Å². The Kier molecular flexibility index (Phi) is 4.27. The highest BCUT2D eigenvalue weighted by molar-refractivity contribution is 6.32. The highest BCUT2D eigenvalue weighted by Crippen LogP contribution is 2.43. The second-order valence-electron chi connectivity index (χ2n) is 5.49. The molecule has 0 atom stereocenters. The van der Waals surface area contributed by atoms with Gasteiger partial charge in [-0.3, -0.25) is 0 Å². The minimum Gasteiger partial charge on any atom is -0.313 e. The van der Waals surface area contributed by atoms with Crippen LogP contribution < -0.4 is 5.32 Å². The van der Waals surface area contributed by atoms with Gasteiger partial charge in [0.05, 0.1) is 16.9 Å². The van der Waals surface area contributed by atoms with E-state index in [2.05, 4.69) is 17.3 Å². The highest BCUT2D eigenvalue weighted by Gasteiger charge is 2.31. The molecule has 1 aromatic heterocycles. The van der Waals surface area contributed by atoms with Crippen LogP contribution in [-0.2, 0) is 6.54 Å². The smallest absolute Gasteiger partial charge is 0.150 e. The summed E-state index contributed by atoms with van der Waals surface area (Å²) < 4.78 is 15.8. The van der Waals surface area contributed by atoms with E-state index in [4.69, 9.17) is 11.6 Å². The summed E-state index contributed by atoms with van der Waals surface area (Å²) in [5, 5.41) is 8.18. The van der Waals surface area contributed by atoms with E-state index in [1.165, 1.54) is 6.07 Å². The maximum absolute atomic E-state index is 14.2. The third-order valence-electron chi connectivity index (χ3n) is 3.74. The lowest BCUT2D eigenvalue weighted by molar-refractivity contribution is 0.605. The molecule has 0 aliphatic heterocycles. The zero-order chi connectivity index (χ0) is 14.8. The predicted molar refractivity (Wildman–Crippen MR) is 82.5 cm³/mol. The fraction of sp³-hybridized carbons (Fsp3) is 0.438. The summed E-state index contributed by atoms with van der Waals surface area (Å²) in [4.78, 5) is 0. The molecule has 1 aliphatic carbocycles. The molecule has 112 valence electrons. The first-order valence-electron chi connectivity index (χ1n) is 7.44. The zero-order valence-corrected chi connectivity index (χ0v) is 12.8. The summed E-state index contributed by atoms with van der Waals surface area (Å²) in [6.45, 7) is 3.87. The number of para-hydroxylation sites is 1. The summed E-state index contributed by atoms with van der Waals surface area (Å²) in [6, 6.07) is 4.74. The number of hydrogen-bond donors (Lipinski definition) is 1. The number of nitrogens with zero attached hydrogens (tertiary/aromatic N) is 2. The maximum atomic E-state index is 14.2. The van der Waals surface area contributed by atoms with Crippen molar-refractivity contribution in [3.8, 4) is 5.69 Å². The van der Waals surface area contributed by atoms with Crippen LogP contribution in [0, 0.1) is 5.82 Å². The van der Waals surface area contributed by atoms with E-state index >= 15 is 0 Å². The maximum Gasteiger partial charge on any atom is 0.150 e. The van der Waals surface area contributed by atoms with E-state index in [0.717, 1.165) is 43.6 Å². The lowest BCUT2D eigenvalue weighted by Gasteiger charge is -2.11. The molecule has 0 saturated heterocycles. The van der Waals surface area contributed by atoms with Crippen LogP contribution in [-0.4, -0.2) is 16.3 Å². The number of halogens is 2. The summed E-state index contributed by atoms with van der Waals surface area (Å²) in [5.41, 5.74) is 2.61. The molecule has 0 radical (unpaired) electrons. The first-order chi connectivity index (χ1) is 10.2. The summed E-state index contributed by atoms with van der Waals surface area (Å²) in [7, 11) is 0. The van der Waals surface area contributed by atoms with Crippen molar-refractivity contribution < 1.29 is 4.39 Å². The molecular weight excluding hydrogens is 289 g/mol. The van der Waals surface area contributed by atoms with Gasteiger partial charge < -0.3 is 5.32 Å². The van der Waals surface area contributed by atoms with E-state index in [1.807, 2.05) is 6.20 Å². The van der Waals surface area contributed by atoms with Crippen LogP contribution in [0.1, 0.15) is 43.4 Å². The van der Waals surface area contributed by atoms with Crippen LogP contribution in [0.5, 0.6) is 0 Å². The normalized spacial score (nSPS) is 14.6. The Morgan fingerprint density at radius 1 is 1.43 bits per heavy atom. The standard InChI is InChI=1S/C16H19ClFN3/c1-2-8-19-9-12-10-20-21(15(12)11-6-7-11)16-13(17)4-3-5-14(16)18/h3-5,10-11,19H,2,6-9H2,1H3. The quantitative estimate of drug-likeness (QED) is 0.816. The largest absolute Gasteiger partial charge is 0.313 e. The average molecular weight is 308 g/mol. The Hall–Kier alpha value is -1.39. The van der Waals surface area contributed by atoms with Crippen LogP contribution in [0.25, 0.3) is 5.69 Å². The number of aromatic nitrogens is 2. The molecule has 0 spiro atoms.